The van der Waals surface area contributed by atoms with E-state index < -0.39 is 0 Å². The first-order valence-electron chi connectivity index (χ1n) is 5.16. The molecule has 0 saturated carbocycles. The molecule has 0 aliphatic heterocycles. The van der Waals surface area contributed by atoms with Crippen molar-refractivity contribution in [2.75, 3.05) is 6.54 Å². The van der Waals surface area contributed by atoms with Gasteiger partial charge < -0.3 is 10.8 Å². The van der Waals surface area contributed by atoms with Crippen LogP contribution in [0.15, 0.2) is 24.3 Å². The van der Waals surface area contributed by atoms with E-state index in [4.69, 9.17) is 5.73 Å². The molecule has 15 heavy (non-hydrogen) atoms. The molecule has 0 atom stereocenters. The van der Waals surface area contributed by atoms with Crippen molar-refractivity contribution in [3.8, 4) is 5.75 Å². The lowest BCUT2D eigenvalue weighted by Crippen LogP contribution is -2.11. The topological polar surface area (TPSA) is 46.2 Å². The Hall–Kier alpha value is -1.28. The molecule has 0 amide bonds. The molecule has 82 valence electrons. The smallest absolute Gasteiger partial charge is 0.126 e. The lowest BCUT2D eigenvalue weighted by molar-refractivity contribution is 0.445. The number of nitrogens with two attached hydrogens (primary N) is 1. The fourth-order valence-corrected chi connectivity index (χ4v) is 1.50. The van der Waals surface area contributed by atoms with Gasteiger partial charge in [0.15, 0.2) is 0 Å². The van der Waals surface area contributed by atoms with Crippen molar-refractivity contribution >= 4 is 6.08 Å². The molecule has 1 rings (SSSR count). The number of para-hydroxylation sites is 1. The molecule has 3 N–H and O–H groups in total. The third-order valence-corrected chi connectivity index (χ3v) is 2.31. The Morgan fingerprint density at radius 3 is 2.53 bits per heavy atom. The van der Waals surface area contributed by atoms with Crippen LogP contribution in [0.2, 0.25) is 0 Å². The van der Waals surface area contributed by atoms with Gasteiger partial charge in [-0.25, -0.2) is 0 Å². The van der Waals surface area contributed by atoms with Crippen LogP contribution in [0.1, 0.15) is 31.9 Å². The SMILES string of the molecule is CC(C)(C)c1cccc(/C=C/CN)c1O. The molecule has 0 unspecified atom stereocenters. The van der Waals surface area contributed by atoms with Gasteiger partial charge in [-0.15, -0.1) is 0 Å². The van der Waals surface area contributed by atoms with Crippen molar-refractivity contribution in [1.82, 2.24) is 0 Å². The molecular formula is C13H19NO. The molecule has 0 spiro atoms. The Kier molecular flexibility index (Phi) is 3.53. The van der Waals surface area contributed by atoms with Crippen LogP contribution in [-0.4, -0.2) is 11.7 Å². The van der Waals surface area contributed by atoms with E-state index in [1.807, 2.05) is 30.4 Å². The van der Waals surface area contributed by atoms with E-state index in [0.29, 0.717) is 12.3 Å². The molecular weight excluding hydrogens is 186 g/mol. The van der Waals surface area contributed by atoms with Gasteiger partial charge in [-0.05, 0) is 11.0 Å². The van der Waals surface area contributed by atoms with E-state index in [1.165, 1.54) is 0 Å². The molecule has 0 radical (unpaired) electrons. The van der Waals surface area contributed by atoms with Gasteiger partial charge in [0.1, 0.15) is 5.75 Å². The number of aromatic hydroxyl groups is 1. The third-order valence-electron chi connectivity index (χ3n) is 2.31. The maximum Gasteiger partial charge on any atom is 0.126 e. The summed E-state index contributed by atoms with van der Waals surface area (Å²) in [6, 6.07) is 5.79. The second-order valence-electron chi connectivity index (χ2n) is 4.63. The van der Waals surface area contributed by atoms with Crippen LogP contribution in [0, 0.1) is 0 Å². The number of phenolic OH excluding ortho intramolecular Hbond substituents is 1. The highest BCUT2D eigenvalue weighted by Crippen LogP contribution is 2.33. The highest BCUT2D eigenvalue weighted by molar-refractivity contribution is 5.60. The quantitative estimate of drug-likeness (QED) is 0.779. The normalized spacial score (nSPS) is 12.3. The van der Waals surface area contributed by atoms with Crippen LogP contribution < -0.4 is 5.73 Å². The van der Waals surface area contributed by atoms with Crippen LogP contribution in [-0.2, 0) is 5.41 Å². The Balaban J connectivity index is 3.17. The minimum atomic E-state index is -0.0450. The van der Waals surface area contributed by atoms with Crippen molar-refractivity contribution in [2.45, 2.75) is 26.2 Å². The van der Waals surface area contributed by atoms with E-state index >= 15 is 0 Å². The summed E-state index contributed by atoms with van der Waals surface area (Å²) >= 11 is 0. The summed E-state index contributed by atoms with van der Waals surface area (Å²) in [6.45, 7) is 6.73. The van der Waals surface area contributed by atoms with Gasteiger partial charge in [0.2, 0.25) is 0 Å². The summed E-state index contributed by atoms with van der Waals surface area (Å²) in [6.07, 6.45) is 3.69. The van der Waals surface area contributed by atoms with Crippen molar-refractivity contribution in [1.29, 1.82) is 0 Å². The summed E-state index contributed by atoms with van der Waals surface area (Å²) in [4.78, 5) is 0. The predicted molar refractivity (Wildman–Crippen MR) is 64.9 cm³/mol. The Bertz CT molecular complexity index is 361. The predicted octanol–water partition coefficient (Wildman–Crippen LogP) is 2.66. The van der Waals surface area contributed by atoms with E-state index in [-0.39, 0.29) is 5.41 Å². The van der Waals surface area contributed by atoms with E-state index in [9.17, 15) is 5.11 Å². The fraction of sp³-hybridized carbons (Fsp3) is 0.385. The number of rotatable bonds is 2. The van der Waals surface area contributed by atoms with Crippen molar-refractivity contribution in [3.63, 3.8) is 0 Å². The van der Waals surface area contributed by atoms with Gasteiger partial charge in [-0.1, -0.05) is 51.1 Å². The summed E-state index contributed by atoms with van der Waals surface area (Å²) in [5, 5.41) is 10.1. The van der Waals surface area contributed by atoms with Crippen LogP contribution >= 0.6 is 0 Å². The van der Waals surface area contributed by atoms with Crippen LogP contribution in [0.4, 0.5) is 0 Å². The summed E-state index contributed by atoms with van der Waals surface area (Å²) < 4.78 is 0. The minimum absolute atomic E-state index is 0.0450. The van der Waals surface area contributed by atoms with Gasteiger partial charge in [0, 0.05) is 12.1 Å². The van der Waals surface area contributed by atoms with E-state index in [2.05, 4.69) is 20.8 Å². The van der Waals surface area contributed by atoms with Crippen LogP contribution in [0.25, 0.3) is 6.08 Å². The van der Waals surface area contributed by atoms with Crippen molar-refractivity contribution in [2.24, 2.45) is 5.73 Å². The van der Waals surface area contributed by atoms with Crippen LogP contribution in [0.5, 0.6) is 5.75 Å². The van der Waals surface area contributed by atoms with Crippen molar-refractivity contribution < 1.29 is 5.11 Å². The lowest BCUT2D eigenvalue weighted by Gasteiger charge is -2.21. The molecule has 0 aliphatic carbocycles. The van der Waals surface area contributed by atoms with E-state index in [1.54, 1.807) is 0 Å². The Labute approximate surface area is 91.4 Å². The summed E-state index contributed by atoms with van der Waals surface area (Å²) in [7, 11) is 0. The lowest BCUT2D eigenvalue weighted by atomic mass is 9.85. The third kappa shape index (κ3) is 2.83. The average Bonchev–Trinajstić information content (AvgIpc) is 2.14. The second-order valence-corrected chi connectivity index (χ2v) is 4.63. The molecule has 0 aliphatic rings. The zero-order valence-corrected chi connectivity index (χ0v) is 9.62. The molecule has 2 nitrogen and oxygen atoms in total. The fourth-order valence-electron chi connectivity index (χ4n) is 1.50. The van der Waals surface area contributed by atoms with Gasteiger partial charge in [-0.2, -0.15) is 0 Å². The standard InChI is InChI=1S/C13H19NO/c1-13(2,3)11-8-4-6-10(12(11)15)7-5-9-14/h4-8,15H,9,14H2,1-3H3/b7-5+. The number of hydrogen-bond acceptors (Lipinski definition) is 2. The number of hydrogen-bond donors (Lipinski definition) is 2. The Morgan fingerprint density at radius 2 is 2.00 bits per heavy atom. The van der Waals surface area contributed by atoms with Gasteiger partial charge in [-0.3, -0.25) is 0 Å². The maximum atomic E-state index is 10.1. The van der Waals surface area contributed by atoms with Crippen molar-refractivity contribution in [3.05, 3.63) is 35.4 Å². The van der Waals surface area contributed by atoms with Crippen LogP contribution in [0.3, 0.4) is 0 Å². The van der Waals surface area contributed by atoms with Gasteiger partial charge in [0.05, 0.1) is 0 Å². The highest BCUT2D eigenvalue weighted by atomic mass is 16.3. The van der Waals surface area contributed by atoms with Gasteiger partial charge in [0.25, 0.3) is 0 Å². The second kappa shape index (κ2) is 4.49. The number of phenols is 1. The molecule has 0 aromatic heterocycles. The molecule has 2 heteroatoms. The molecule has 0 heterocycles. The molecule has 0 fully saturated rings. The molecule has 1 aromatic rings. The molecule has 0 bridgehead atoms. The average molecular weight is 205 g/mol. The minimum Gasteiger partial charge on any atom is -0.507 e. The number of benzene rings is 1. The highest BCUT2D eigenvalue weighted by Gasteiger charge is 2.18. The molecule has 1 aromatic carbocycles. The van der Waals surface area contributed by atoms with Gasteiger partial charge >= 0.3 is 0 Å². The summed E-state index contributed by atoms with van der Waals surface area (Å²) in [5.41, 5.74) is 7.12. The largest absolute Gasteiger partial charge is 0.507 e. The monoisotopic (exact) mass is 205 g/mol. The maximum absolute atomic E-state index is 10.1. The molecule has 0 saturated heterocycles. The Morgan fingerprint density at radius 1 is 1.33 bits per heavy atom. The zero-order chi connectivity index (χ0) is 11.5. The first-order valence-corrected chi connectivity index (χ1v) is 5.16. The first kappa shape index (κ1) is 11.8. The van der Waals surface area contributed by atoms with E-state index in [0.717, 1.165) is 11.1 Å². The first-order chi connectivity index (χ1) is 6.96. The summed E-state index contributed by atoms with van der Waals surface area (Å²) in [5.74, 6) is 0.356. The zero-order valence-electron chi connectivity index (χ0n) is 9.62.